The Balaban J connectivity index is 2.46. The van der Waals surface area contributed by atoms with Crippen molar-refractivity contribution in [3.05, 3.63) is 16.4 Å². The highest BCUT2D eigenvalue weighted by Crippen LogP contribution is 2.20. The maximum Gasteiger partial charge on any atom is 0.406 e. The van der Waals surface area contributed by atoms with E-state index in [2.05, 4.69) is 10.3 Å². The summed E-state index contributed by atoms with van der Waals surface area (Å²) in [7, 11) is 1.70. The first-order chi connectivity index (χ1) is 7.66. The first-order valence-corrected chi connectivity index (χ1v) is 5.17. The highest BCUT2D eigenvalue weighted by molar-refractivity contribution is 5.51. The summed E-state index contributed by atoms with van der Waals surface area (Å²) in [4.78, 5) is 13.8. The lowest BCUT2D eigenvalue weighted by atomic mass is 10.2. The van der Waals surface area contributed by atoms with Gasteiger partial charge in [-0.25, -0.2) is 0 Å². The number of aryl methyl sites for hydroxylation is 1. The van der Waals surface area contributed by atoms with Gasteiger partial charge in [0.05, 0.1) is 0 Å². The summed E-state index contributed by atoms with van der Waals surface area (Å²) in [6, 6.07) is 0. The Hall–Kier alpha value is -1.63. The summed E-state index contributed by atoms with van der Waals surface area (Å²) >= 11 is 0. The van der Waals surface area contributed by atoms with E-state index in [9.17, 15) is 10.1 Å². The van der Waals surface area contributed by atoms with Crippen LogP contribution in [0.2, 0.25) is 0 Å². The monoisotopic (exact) mass is 228 g/mol. The highest BCUT2D eigenvalue weighted by Gasteiger charge is 2.18. The van der Waals surface area contributed by atoms with Gasteiger partial charge in [0.1, 0.15) is 0 Å². The van der Waals surface area contributed by atoms with Crippen LogP contribution in [0.5, 0.6) is 0 Å². The van der Waals surface area contributed by atoms with Gasteiger partial charge in [-0.2, -0.15) is 0 Å². The minimum absolute atomic E-state index is 0.148. The molecule has 1 heterocycles. The quantitative estimate of drug-likeness (QED) is 0.411. The van der Waals surface area contributed by atoms with E-state index in [-0.39, 0.29) is 12.4 Å². The number of aromatic nitrogens is 2. The molecule has 0 aromatic carbocycles. The largest absolute Gasteiger partial charge is 0.406 e. The molecule has 0 radical (unpaired) electrons. The Kier molecular flexibility index (Phi) is 4.71. The third-order valence-corrected chi connectivity index (χ3v) is 2.22. The standard InChI is InChI=1S/C9H16N4O3/c1-12-7-11-9(13(15)16)8(12)10-5-3-2-4-6-14/h7,10,14H,2-6H2,1H3. The molecule has 1 rings (SSSR count). The van der Waals surface area contributed by atoms with Gasteiger partial charge in [0.2, 0.25) is 12.1 Å². The molecule has 0 fully saturated rings. The topological polar surface area (TPSA) is 93.2 Å². The van der Waals surface area contributed by atoms with Gasteiger partial charge >= 0.3 is 5.82 Å². The van der Waals surface area contributed by atoms with Crippen LogP contribution in [0, 0.1) is 10.1 Å². The average Bonchev–Trinajstić information content (AvgIpc) is 2.60. The number of nitrogens with one attached hydrogen (secondary N) is 1. The predicted molar refractivity (Wildman–Crippen MR) is 59.3 cm³/mol. The minimum atomic E-state index is -0.504. The number of hydrogen-bond donors (Lipinski definition) is 2. The summed E-state index contributed by atoms with van der Waals surface area (Å²) in [6.07, 6.45) is 3.93. The summed E-state index contributed by atoms with van der Waals surface area (Å²) in [5, 5.41) is 22.2. The van der Waals surface area contributed by atoms with E-state index in [0.29, 0.717) is 12.4 Å². The molecule has 0 atom stereocenters. The van der Waals surface area contributed by atoms with E-state index in [1.54, 1.807) is 11.6 Å². The Bertz CT molecular complexity index is 351. The number of aliphatic hydroxyl groups is 1. The van der Waals surface area contributed by atoms with Gasteiger partial charge in [0.25, 0.3) is 0 Å². The molecule has 0 aliphatic rings. The number of anilines is 1. The van der Waals surface area contributed by atoms with Gasteiger partial charge in [-0.1, -0.05) is 0 Å². The molecule has 7 heteroatoms. The van der Waals surface area contributed by atoms with Gasteiger partial charge in [-0.15, -0.1) is 0 Å². The zero-order valence-electron chi connectivity index (χ0n) is 9.22. The average molecular weight is 228 g/mol. The van der Waals surface area contributed by atoms with Crippen LogP contribution < -0.4 is 5.32 Å². The second kappa shape index (κ2) is 6.06. The van der Waals surface area contributed by atoms with Gasteiger partial charge < -0.3 is 20.5 Å². The fourth-order valence-electron chi connectivity index (χ4n) is 1.38. The number of nitro groups is 1. The summed E-state index contributed by atoms with van der Waals surface area (Å²) in [5.74, 6) is 0.277. The first kappa shape index (κ1) is 12.4. The fraction of sp³-hybridized carbons (Fsp3) is 0.667. The van der Waals surface area contributed by atoms with Crippen LogP contribution in [0.25, 0.3) is 0 Å². The molecule has 1 aromatic rings. The lowest BCUT2D eigenvalue weighted by Gasteiger charge is -2.05. The first-order valence-electron chi connectivity index (χ1n) is 5.17. The van der Waals surface area contributed by atoms with Crippen molar-refractivity contribution in [2.75, 3.05) is 18.5 Å². The zero-order valence-corrected chi connectivity index (χ0v) is 9.22. The van der Waals surface area contributed by atoms with Crippen molar-refractivity contribution in [2.24, 2.45) is 7.05 Å². The predicted octanol–water partition coefficient (Wildman–Crippen LogP) is 0.903. The third kappa shape index (κ3) is 3.20. The van der Waals surface area contributed by atoms with Gasteiger partial charge in [-0.3, -0.25) is 4.57 Å². The molecule has 0 bridgehead atoms. The van der Waals surface area contributed by atoms with Crippen molar-refractivity contribution < 1.29 is 10.0 Å². The smallest absolute Gasteiger partial charge is 0.396 e. The van der Waals surface area contributed by atoms with Crippen LogP contribution in [0.4, 0.5) is 11.6 Å². The van der Waals surface area contributed by atoms with Crippen LogP contribution >= 0.6 is 0 Å². The maximum atomic E-state index is 10.6. The van der Waals surface area contributed by atoms with Crippen LogP contribution in [0.3, 0.4) is 0 Å². The van der Waals surface area contributed by atoms with Gasteiger partial charge in [0.15, 0.2) is 0 Å². The van der Waals surface area contributed by atoms with Crippen molar-refractivity contribution >= 4 is 11.6 Å². The number of hydrogen-bond acceptors (Lipinski definition) is 5. The Morgan fingerprint density at radius 3 is 2.94 bits per heavy atom. The maximum absolute atomic E-state index is 10.6. The molecular formula is C9H16N4O3. The van der Waals surface area contributed by atoms with E-state index in [4.69, 9.17) is 5.11 Å². The van der Waals surface area contributed by atoms with Crippen LogP contribution in [0.15, 0.2) is 6.33 Å². The minimum Gasteiger partial charge on any atom is -0.396 e. The van der Waals surface area contributed by atoms with E-state index < -0.39 is 4.92 Å². The summed E-state index contributed by atoms with van der Waals surface area (Å²) < 4.78 is 1.59. The SMILES string of the molecule is Cn1cnc([N+](=O)[O-])c1NCCCCCO. The molecule has 0 aliphatic heterocycles. The van der Waals surface area contributed by atoms with Crippen molar-refractivity contribution in [1.82, 2.24) is 9.55 Å². The summed E-state index contributed by atoms with van der Waals surface area (Å²) in [5.41, 5.74) is 0. The van der Waals surface area contributed by atoms with Crippen molar-refractivity contribution in [3.63, 3.8) is 0 Å². The van der Waals surface area contributed by atoms with Crippen molar-refractivity contribution in [3.8, 4) is 0 Å². The molecule has 0 aliphatic carbocycles. The van der Waals surface area contributed by atoms with Crippen molar-refractivity contribution in [2.45, 2.75) is 19.3 Å². The molecule has 16 heavy (non-hydrogen) atoms. The van der Waals surface area contributed by atoms with Gasteiger partial charge in [-0.05, 0) is 29.2 Å². The van der Waals surface area contributed by atoms with E-state index in [1.807, 2.05) is 0 Å². The Morgan fingerprint density at radius 2 is 2.31 bits per heavy atom. The lowest BCUT2D eigenvalue weighted by Crippen LogP contribution is -2.07. The number of nitrogens with zero attached hydrogens (tertiary/aromatic N) is 3. The Labute approximate surface area is 93.3 Å². The molecule has 0 unspecified atom stereocenters. The normalized spacial score (nSPS) is 10.4. The second-order valence-corrected chi connectivity index (χ2v) is 3.50. The molecular weight excluding hydrogens is 212 g/mol. The molecule has 1 aromatic heterocycles. The van der Waals surface area contributed by atoms with E-state index >= 15 is 0 Å². The second-order valence-electron chi connectivity index (χ2n) is 3.50. The molecule has 7 nitrogen and oxygen atoms in total. The Morgan fingerprint density at radius 1 is 1.56 bits per heavy atom. The lowest BCUT2D eigenvalue weighted by molar-refractivity contribution is -0.388. The number of aliphatic hydroxyl groups excluding tert-OH is 1. The van der Waals surface area contributed by atoms with Crippen LogP contribution in [-0.2, 0) is 7.05 Å². The molecule has 90 valence electrons. The highest BCUT2D eigenvalue weighted by atomic mass is 16.6. The molecule has 0 saturated carbocycles. The van der Waals surface area contributed by atoms with Gasteiger partial charge in [0, 0.05) is 20.2 Å². The molecule has 0 spiro atoms. The van der Waals surface area contributed by atoms with E-state index in [1.165, 1.54) is 6.33 Å². The number of unbranched alkanes of at least 4 members (excludes halogenated alkanes) is 2. The zero-order chi connectivity index (χ0) is 12.0. The molecule has 0 amide bonds. The van der Waals surface area contributed by atoms with Crippen LogP contribution in [0.1, 0.15) is 19.3 Å². The summed E-state index contributed by atoms with van der Waals surface area (Å²) in [6.45, 7) is 0.826. The molecule has 0 saturated heterocycles. The van der Waals surface area contributed by atoms with Crippen LogP contribution in [-0.4, -0.2) is 32.7 Å². The van der Waals surface area contributed by atoms with E-state index in [0.717, 1.165) is 19.3 Å². The number of imidazole rings is 1. The third-order valence-electron chi connectivity index (χ3n) is 2.22. The number of rotatable bonds is 7. The fourth-order valence-corrected chi connectivity index (χ4v) is 1.38. The van der Waals surface area contributed by atoms with Crippen molar-refractivity contribution in [1.29, 1.82) is 0 Å². The molecule has 2 N–H and O–H groups in total.